The van der Waals surface area contributed by atoms with Gasteiger partial charge in [-0.25, -0.2) is 12.8 Å². The molecule has 1 atom stereocenters. The fourth-order valence-electron chi connectivity index (χ4n) is 3.28. The summed E-state index contributed by atoms with van der Waals surface area (Å²) in [7, 11) is -4.09. The van der Waals surface area contributed by atoms with Crippen molar-refractivity contribution in [3.8, 4) is 11.8 Å². The number of aromatic nitrogens is 1. The number of hydrogen-bond acceptors (Lipinski definition) is 4. The van der Waals surface area contributed by atoms with Crippen LogP contribution in [0.3, 0.4) is 0 Å². The number of benzene rings is 2. The number of carbonyl (C=O) groups is 1. The van der Waals surface area contributed by atoms with E-state index in [1.165, 1.54) is 18.2 Å². The SMILES string of the molecule is Cc1ccc(C#Cc2ccc(S(=O)(=O)N[C@H](Cc3c[nH]c4ccccc34)C(=O)O)s2)cc1F. The van der Waals surface area contributed by atoms with Crippen molar-refractivity contribution >= 4 is 38.2 Å². The molecule has 6 nitrogen and oxygen atoms in total. The van der Waals surface area contributed by atoms with Gasteiger partial charge in [-0.1, -0.05) is 36.1 Å². The smallest absolute Gasteiger partial charge is 0.322 e. The van der Waals surface area contributed by atoms with Crippen LogP contribution in [0.4, 0.5) is 4.39 Å². The van der Waals surface area contributed by atoms with Crippen molar-refractivity contribution in [3.05, 3.63) is 88.2 Å². The molecular formula is C24H19FN2O4S2. The van der Waals surface area contributed by atoms with E-state index < -0.39 is 22.0 Å². The first-order chi connectivity index (χ1) is 15.7. The summed E-state index contributed by atoms with van der Waals surface area (Å²) in [4.78, 5) is 15.3. The number of nitrogens with one attached hydrogen (secondary N) is 2. The molecule has 0 aliphatic carbocycles. The number of sulfonamides is 1. The first kappa shape index (κ1) is 22.7. The van der Waals surface area contributed by atoms with E-state index in [1.807, 2.05) is 24.3 Å². The van der Waals surface area contributed by atoms with Crippen LogP contribution in [0.5, 0.6) is 0 Å². The second-order valence-electron chi connectivity index (χ2n) is 7.41. The van der Waals surface area contributed by atoms with Gasteiger partial charge in [0.1, 0.15) is 16.1 Å². The Bertz CT molecular complexity index is 1510. The average Bonchev–Trinajstić information content (AvgIpc) is 3.42. The summed E-state index contributed by atoms with van der Waals surface area (Å²) in [5.74, 6) is 3.99. The second kappa shape index (κ2) is 9.19. The minimum absolute atomic E-state index is 0.0183. The van der Waals surface area contributed by atoms with Gasteiger partial charge in [0.25, 0.3) is 10.0 Å². The molecule has 9 heteroatoms. The molecule has 0 aliphatic heterocycles. The van der Waals surface area contributed by atoms with Crippen molar-refractivity contribution in [2.45, 2.75) is 23.6 Å². The number of carboxylic acid groups (broad SMARTS) is 1. The molecule has 0 fully saturated rings. The quantitative estimate of drug-likeness (QED) is 0.361. The molecule has 0 saturated carbocycles. The van der Waals surface area contributed by atoms with Gasteiger partial charge in [-0.05, 0) is 48.4 Å². The van der Waals surface area contributed by atoms with Crippen molar-refractivity contribution in [3.63, 3.8) is 0 Å². The lowest BCUT2D eigenvalue weighted by atomic mass is 10.1. The molecular weight excluding hydrogens is 463 g/mol. The van der Waals surface area contributed by atoms with E-state index >= 15 is 0 Å². The number of aliphatic carboxylic acids is 1. The maximum Gasteiger partial charge on any atom is 0.322 e. The van der Waals surface area contributed by atoms with Gasteiger partial charge in [-0.3, -0.25) is 4.79 Å². The molecule has 0 aliphatic rings. The summed E-state index contributed by atoms with van der Waals surface area (Å²) in [6.45, 7) is 1.65. The predicted octanol–water partition coefficient (Wildman–Crippen LogP) is 4.05. The van der Waals surface area contributed by atoms with E-state index in [0.29, 0.717) is 21.6 Å². The second-order valence-corrected chi connectivity index (χ2v) is 10.4. The molecule has 168 valence electrons. The number of thiophene rings is 1. The zero-order valence-electron chi connectivity index (χ0n) is 17.4. The number of fused-ring (bicyclic) bond motifs is 1. The van der Waals surface area contributed by atoms with Crippen LogP contribution in [0, 0.1) is 24.6 Å². The fourth-order valence-corrected chi connectivity index (χ4v) is 5.65. The normalized spacial score (nSPS) is 12.3. The van der Waals surface area contributed by atoms with E-state index in [2.05, 4.69) is 21.5 Å². The summed E-state index contributed by atoms with van der Waals surface area (Å²) in [6, 6.07) is 13.6. The number of aryl methyl sites for hydroxylation is 1. The van der Waals surface area contributed by atoms with Gasteiger partial charge in [0.05, 0.1) is 4.88 Å². The highest BCUT2D eigenvalue weighted by Crippen LogP contribution is 2.23. The van der Waals surface area contributed by atoms with Gasteiger partial charge >= 0.3 is 5.97 Å². The highest BCUT2D eigenvalue weighted by Gasteiger charge is 2.27. The van der Waals surface area contributed by atoms with Gasteiger partial charge in [0, 0.05) is 29.1 Å². The van der Waals surface area contributed by atoms with Crippen LogP contribution in [-0.4, -0.2) is 30.5 Å². The molecule has 0 bridgehead atoms. The first-order valence-electron chi connectivity index (χ1n) is 9.91. The summed E-state index contributed by atoms with van der Waals surface area (Å²) in [6.07, 6.45) is 1.66. The lowest BCUT2D eigenvalue weighted by Crippen LogP contribution is -2.41. The van der Waals surface area contributed by atoms with Crippen molar-refractivity contribution < 1.29 is 22.7 Å². The Morgan fingerprint density at radius 3 is 2.73 bits per heavy atom. The summed E-state index contributed by atoms with van der Waals surface area (Å²) in [5.41, 5.74) is 2.52. The van der Waals surface area contributed by atoms with Gasteiger partial charge in [-0.2, -0.15) is 4.72 Å². The molecule has 4 aromatic rings. The monoisotopic (exact) mass is 482 g/mol. The minimum atomic E-state index is -4.09. The van der Waals surface area contributed by atoms with Gasteiger partial charge in [0.2, 0.25) is 0 Å². The van der Waals surface area contributed by atoms with E-state index in [-0.39, 0.29) is 16.4 Å². The fraction of sp³-hybridized carbons (Fsp3) is 0.125. The van der Waals surface area contributed by atoms with E-state index in [1.54, 1.807) is 25.3 Å². The summed E-state index contributed by atoms with van der Waals surface area (Å²) in [5, 5.41) is 10.5. The predicted molar refractivity (Wildman–Crippen MR) is 125 cm³/mol. The van der Waals surface area contributed by atoms with Crippen LogP contribution in [0.1, 0.15) is 21.6 Å². The van der Waals surface area contributed by atoms with Crippen LogP contribution in [0.2, 0.25) is 0 Å². The molecule has 2 aromatic carbocycles. The maximum atomic E-state index is 13.7. The summed E-state index contributed by atoms with van der Waals surface area (Å²) >= 11 is 0.914. The Morgan fingerprint density at radius 1 is 1.18 bits per heavy atom. The molecule has 0 unspecified atom stereocenters. The Hall–Kier alpha value is -3.45. The number of carboxylic acids is 1. The van der Waals surface area contributed by atoms with Crippen LogP contribution >= 0.6 is 11.3 Å². The Labute approximate surface area is 194 Å². The number of para-hydroxylation sites is 1. The lowest BCUT2D eigenvalue weighted by molar-refractivity contribution is -0.138. The zero-order valence-corrected chi connectivity index (χ0v) is 19.1. The van der Waals surface area contributed by atoms with Gasteiger partial charge < -0.3 is 10.1 Å². The highest BCUT2D eigenvalue weighted by molar-refractivity contribution is 7.91. The van der Waals surface area contributed by atoms with E-state index in [9.17, 15) is 22.7 Å². The molecule has 2 heterocycles. The van der Waals surface area contributed by atoms with Crippen molar-refractivity contribution in [2.24, 2.45) is 0 Å². The van der Waals surface area contributed by atoms with E-state index in [0.717, 1.165) is 22.2 Å². The maximum absolute atomic E-state index is 13.7. The molecule has 3 N–H and O–H groups in total. The number of hydrogen-bond donors (Lipinski definition) is 3. The lowest BCUT2D eigenvalue weighted by Gasteiger charge is -2.13. The van der Waals surface area contributed by atoms with E-state index in [4.69, 9.17) is 0 Å². The van der Waals surface area contributed by atoms with Crippen LogP contribution in [0.25, 0.3) is 10.9 Å². The molecule has 2 aromatic heterocycles. The Morgan fingerprint density at radius 2 is 1.97 bits per heavy atom. The Kier molecular flexibility index (Phi) is 6.33. The standard InChI is InChI=1S/C24H19FN2O4S2/c1-15-6-7-16(12-20(15)25)8-9-18-10-11-23(32-18)33(30,31)27-22(24(28)29)13-17-14-26-21-5-3-2-4-19(17)21/h2-7,10-12,14,22,26-27H,13H2,1H3,(H,28,29)/t22-/m1/s1. The number of H-pyrrole nitrogens is 1. The molecule has 0 saturated heterocycles. The Balaban J connectivity index is 1.53. The molecule has 33 heavy (non-hydrogen) atoms. The molecule has 0 spiro atoms. The van der Waals surface area contributed by atoms with Gasteiger partial charge in [0.15, 0.2) is 0 Å². The topological polar surface area (TPSA) is 99.3 Å². The number of aromatic amines is 1. The largest absolute Gasteiger partial charge is 0.480 e. The highest BCUT2D eigenvalue weighted by atomic mass is 32.2. The molecule has 4 rings (SSSR count). The first-order valence-corrected chi connectivity index (χ1v) is 12.2. The average molecular weight is 483 g/mol. The molecule has 0 radical (unpaired) electrons. The number of halogens is 1. The third kappa shape index (κ3) is 5.14. The minimum Gasteiger partial charge on any atom is -0.480 e. The van der Waals surface area contributed by atoms with Crippen molar-refractivity contribution in [2.75, 3.05) is 0 Å². The van der Waals surface area contributed by atoms with Gasteiger partial charge in [-0.15, -0.1) is 11.3 Å². The third-order valence-electron chi connectivity index (χ3n) is 5.04. The van der Waals surface area contributed by atoms with Crippen LogP contribution < -0.4 is 4.72 Å². The van der Waals surface area contributed by atoms with Crippen LogP contribution in [-0.2, 0) is 21.2 Å². The van der Waals surface area contributed by atoms with Crippen LogP contribution in [0.15, 0.2) is 65.0 Å². The number of rotatable bonds is 6. The van der Waals surface area contributed by atoms with Crippen molar-refractivity contribution in [1.82, 2.24) is 9.71 Å². The molecule has 0 amide bonds. The summed E-state index contributed by atoms with van der Waals surface area (Å²) < 4.78 is 41.6. The third-order valence-corrected chi connectivity index (χ3v) is 8.01. The van der Waals surface area contributed by atoms with Crippen molar-refractivity contribution in [1.29, 1.82) is 0 Å². The zero-order chi connectivity index (χ0) is 23.6.